The van der Waals surface area contributed by atoms with Crippen LogP contribution in [0.1, 0.15) is 26.7 Å². The number of methoxy groups -OCH3 is 1. The minimum Gasteiger partial charge on any atom is -0.496 e. The molecule has 1 aromatic heterocycles. The fourth-order valence-corrected chi connectivity index (χ4v) is 5.14. The number of thiophene rings is 1. The molecule has 0 aliphatic carbocycles. The molecule has 8 heteroatoms. The van der Waals surface area contributed by atoms with Crippen molar-refractivity contribution in [1.82, 2.24) is 10.2 Å². The lowest BCUT2D eigenvalue weighted by Gasteiger charge is -2.20. The predicted octanol–water partition coefficient (Wildman–Crippen LogP) is 3.66. The zero-order valence-electron chi connectivity index (χ0n) is 18.2. The number of nitrogens with one attached hydrogen (secondary N) is 1. The van der Waals surface area contributed by atoms with Gasteiger partial charge in [0.15, 0.2) is 11.5 Å². The number of carbonyl (C=O) groups is 2. The number of carbonyl (C=O) groups excluding carboxylic acids is 2. The number of ether oxygens (including phenoxy) is 3. The average molecular weight is 465 g/mol. The van der Waals surface area contributed by atoms with E-state index in [1.165, 1.54) is 11.3 Å². The third-order valence-electron chi connectivity index (χ3n) is 6.12. The number of amides is 2. The van der Waals surface area contributed by atoms with Crippen molar-refractivity contribution in [3.63, 3.8) is 0 Å². The Kier molecular flexibility index (Phi) is 5.92. The Labute approximate surface area is 195 Å². The summed E-state index contributed by atoms with van der Waals surface area (Å²) in [6, 6.07) is 17.0. The predicted molar refractivity (Wildman–Crippen MR) is 124 cm³/mol. The van der Waals surface area contributed by atoms with Crippen LogP contribution in [0.4, 0.5) is 0 Å². The van der Waals surface area contributed by atoms with Crippen molar-refractivity contribution >= 4 is 23.2 Å². The molecule has 2 aromatic carbocycles. The maximum Gasteiger partial charge on any atom is 0.263 e. The van der Waals surface area contributed by atoms with E-state index in [-0.39, 0.29) is 30.4 Å². The molecule has 3 aromatic rings. The van der Waals surface area contributed by atoms with Crippen molar-refractivity contribution in [2.24, 2.45) is 5.92 Å². The Morgan fingerprint density at radius 3 is 2.76 bits per heavy atom. The van der Waals surface area contributed by atoms with Crippen LogP contribution >= 0.6 is 11.3 Å². The Morgan fingerprint density at radius 1 is 1.09 bits per heavy atom. The summed E-state index contributed by atoms with van der Waals surface area (Å²) in [5, 5.41) is 4.94. The van der Waals surface area contributed by atoms with Gasteiger partial charge in [-0.05, 0) is 40.8 Å². The van der Waals surface area contributed by atoms with E-state index in [9.17, 15) is 9.59 Å². The largest absolute Gasteiger partial charge is 0.496 e. The molecule has 2 aliphatic rings. The number of rotatable bonds is 6. The average Bonchev–Trinajstić information content (AvgIpc) is 3.62. The fraction of sp³-hybridized carbons (Fsp3) is 0.280. The number of likely N-dealkylation sites (tertiary alicyclic amines) is 1. The highest BCUT2D eigenvalue weighted by molar-refractivity contribution is 7.12. The van der Waals surface area contributed by atoms with Gasteiger partial charge >= 0.3 is 0 Å². The normalized spacial score (nSPS) is 18.9. The smallest absolute Gasteiger partial charge is 0.263 e. The van der Waals surface area contributed by atoms with Gasteiger partial charge in [-0.2, -0.15) is 0 Å². The summed E-state index contributed by atoms with van der Waals surface area (Å²) < 4.78 is 16.3. The second-order valence-electron chi connectivity index (χ2n) is 8.05. The quantitative estimate of drug-likeness (QED) is 0.603. The van der Waals surface area contributed by atoms with Gasteiger partial charge in [0.1, 0.15) is 5.75 Å². The monoisotopic (exact) mass is 464 g/mol. The summed E-state index contributed by atoms with van der Waals surface area (Å²) in [5.74, 6) is 1.42. The van der Waals surface area contributed by atoms with Gasteiger partial charge in [-0.15, -0.1) is 11.3 Å². The molecule has 33 heavy (non-hydrogen) atoms. The van der Waals surface area contributed by atoms with Gasteiger partial charge in [0, 0.05) is 25.6 Å². The van der Waals surface area contributed by atoms with Crippen molar-refractivity contribution < 1.29 is 23.8 Å². The maximum atomic E-state index is 13.3. The molecule has 0 radical (unpaired) electrons. The molecule has 7 nitrogen and oxygen atoms in total. The molecule has 1 N–H and O–H groups in total. The first kappa shape index (κ1) is 21.3. The first-order valence-corrected chi connectivity index (χ1v) is 11.6. The van der Waals surface area contributed by atoms with E-state index in [0.29, 0.717) is 36.0 Å². The third kappa shape index (κ3) is 4.26. The van der Waals surface area contributed by atoms with Crippen molar-refractivity contribution in [1.29, 1.82) is 0 Å². The number of hydrogen-bond donors (Lipinski definition) is 1. The van der Waals surface area contributed by atoms with Crippen LogP contribution in [-0.4, -0.2) is 43.7 Å². The van der Waals surface area contributed by atoms with E-state index >= 15 is 0 Å². The molecule has 0 unspecified atom stereocenters. The van der Waals surface area contributed by atoms with Crippen LogP contribution < -0.4 is 19.5 Å². The number of fused-ring (bicyclic) bond motifs is 1. The summed E-state index contributed by atoms with van der Waals surface area (Å²) in [6.07, 6.45) is 0. The summed E-state index contributed by atoms with van der Waals surface area (Å²) in [5.41, 5.74) is 1.86. The van der Waals surface area contributed by atoms with Crippen LogP contribution in [0.25, 0.3) is 0 Å². The minimum atomic E-state index is -0.390. The lowest BCUT2D eigenvalue weighted by Crippen LogP contribution is -2.35. The molecule has 3 heterocycles. The second-order valence-corrected chi connectivity index (χ2v) is 9.00. The summed E-state index contributed by atoms with van der Waals surface area (Å²) in [4.78, 5) is 28.8. The zero-order chi connectivity index (χ0) is 22.8. The molecule has 1 fully saturated rings. The van der Waals surface area contributed by atoms with Gasteiger partial charge in [0.2, 0.25) is 12.7 Å². The molecule has 0 saturated carbocycles. The Morgan fingerprint density at radius 2 is 1.94 bits per heavy atom. The summed E-state index contributed by atoms with van der Waals surface area (Å²) >= 11 is 1.41. The number of hydrogen-bond acceptors (Lipinski definition) is 6. The van der Waals surface area contributed by atoms with Crippen LogP contribution in [0.2, 0.25) is 0 Å². The van der Waals surface area contributed by atoms with Gasteiger partial charge in [-0.3, -0.25) is 9.59 Å². The van der Waals surface area contributed by atoms with Gasteiger partial charge in [-0.25, -0.2) is 0 Å². The molecule has 0 spiro atoms. The lowest BCUT2D eigenvalue weighted by molar-refractivity contribution is -0.125. The lowest BCUT2D eigenvalue weighted by atomic mass is 9.87. The molecule has 2 amide bonds. The van der Waals surface area contributed by atoms with Crippen LogP contribution in [0, 0.1) is 5.92 Å². The standard InChI is InChI=1S/C25H24N2O5S/c1-30-20-6-3-2-5-17(20)18-13-27(25(29)23-7-4-10-33-23)14-19(18)24(28)26-12-16-8-9-21-22(11-16)32-15-31-21/h2-11,18-19H,12-15H2,1H3,(H,26,28)/t18-,19+/m1/s1. The van der Waals surface area contributed by atoms with Crippen molar-refractivity contribution in [3.8, 4) is 17.2 Å². The van der Waals surface area contributed by atoms with Crippen molar-refractivity contribution in [2.75, 3.05) is 27.0 Å². The topological polar surface area (TPSA) is 77.1 Å². The zero-order valence-corrected chi connectivity index (χ0v) is 19.0. The SMILES string of the molecule is COc1ccccc1[C@H]1CN(C(=O)c2cccs2)C[C@@H]1C(=O)NCc1ccc2c(c1)OCO2. The van der Waals surface area contributed by atoms with Crippen LogP contribution in [-0.2, 0) is 11.3 Å². The summed E-state index contributed by atoms with van der Waals surface area (Å²) in [7, 11) is 1.62. The fourth-order valence-electron chi connectivity index (χ4n) is 4.45. The maximum absolute atomic E-state index is 13.3. The Hall–Kier alpha value is -3.52. The Bertz CT molecular complexity index is 1160. The van der Waals surface area contributed by atoms with Gasteiger partial charge in [-0.1, -0.05) is 30.3 Å². The van der Waals surface area contributed by atoms with E-state index in [1.807, 2.05) is 60.0 Å². The molecule has 1 saturated heterocycles. The third-order valence-corrected chi connectivity index (χ3v) is 6.98. The highest BCUT2D eigenvalue weighted by Crippen LogP contribution is 2.38. The number of benzene rings is 2. The van der Waals surface area contributed by atoms with Gasteiger partial charge in [0.05, 0.1) is 17.9 Å². The number of para-hydroxylation sites is 1. The van der Waals surface area contributed by atoms with Crippen molar-refractivity contribution in [3.05, 3.63) is 76.0 Å². The molecule has 2 atom stereocenters. The highest BCUT2D eigenvalue weighted by Gasteiger charge is 2.41. The molecule has 5 rings (SSSR count). The Balaban J connectivity index is 1.36. The molecule has 0 bridgehead atoms. The van der Waals surface area contributed by atoms with Crippen LogP contribution in [0.15, 0.2) is 60.0 Å². The second kappa shape index (κ2) is 9.15. The highest BCUT2D eigenvalue weighted by atomic mass is 32.1. The van der Waals surface area contributed by atoms with E-state index < -0.39 is 0 Å². The molecule has 170 valence electrons. The van der Waals surface area contributed by atoms with Gasteiger partial charge in [0.25, 0.3) is 5.91 Å². The van der Waals surface area contributed by atoms with Crippen molar-refractivity contribution in [2.45, 2.75) is 12.5 Å². The molecule has 2 aliphatic heterocycles. The van der Waals surface area contributed by atoms with E-state index in [2.05, 4.69) is 5.32 Å². The summed E-state index contributed by atoms with van der Waals surface area (Å²) in [6.45, 7) is 1.39. The first-order valence-electron chi connectivity index (χ1n) is 10.8. The number of nitrogens with zero attached hydrogens (tertiary/aromatic N) is 1. The van der Waals surface area contributed by atoms with E-state index in [0.717, 1.165) is 16.9 Å². The van der Waals surface area contributed by atoms with E-state index in [1.54, 1.807) is 12.0 Å². The van der Waals surface area contributed by atoms with Gasteiger partial charge < -0.3 is 24.4 Å². The first-order chi connectivity index (χ1) is 16.1. The van der Waals surface area contributed by atoms with Crippen LogP contribution in [0.5, 0.6) is 17.2 Å². The minimum absolute atomic E-state index is 0.0454. The molecular formula is C25H24N2O5S. The van der Waals surface area contributed by atoms with Crippen LogP contribution in [0.3, 0.4) is 0 Å². The van der Waals surface area contributed by atoms with E-state index in [4.69, 9.17) is 14.2 Å². The molecular weight excluding hydrogens is 440 g/mol.